The van der Waals surface area contributed by atoms with E-state index in [1.807, 2.05) is 60.9 Å². The summed E-state index contributed by atoms with van der Waals surface area (Å²) in [6.07, 6.45) is 8.68. The van der Waals surface area contributed by atoms with Gasteiger partial charge in [0, 0.05) is 48.8 Å². The van der Waals surface area contributed by atoms with Crippen LogP contribution in [0.4, 0.5) is 10.5 Å². The monoisotopic (exact) mass is 399 g/mol. The summed E-state index contributed by atoms with van der Waals surface area (Å²) < 4.78 is 7.82. The molecule has 0 N–H and O–H groups in total. The van der Waals surface area contributed by atoms with Crippen LogP contribution in [-0.4, -0.2) is 22.7 Å². The van der Waals surface area contributed by atoms with Crippen LogP contribution in [-0.2, 0) is 13.0 Å². The molecule has 5 heteroatoms. The van der Waals surface area contributed by atoms with E-state index in [1.165, 1.54) is 10.5 Å². The van der Waals surface area contributed by atoms with Gasteiger partial charge >= 0.3 is 6.09 Å². The molecule has 0 aliphatic heterocycles. The number of aryl methyl sites for hydroxylation is 2. The van der Waals surface area contributed by atoms with Crippen LogP contribution in [0.1, 0.15) is 18.4 Å². The van der Waals surface area contributed by atoms with Crippen molar-refractivity contribution in [2.45, 2.75) is 25.8 Å². The molecule has 0 saturated heterocycles. The van der Waals surface area contributed by atoms with E-state index in [1.54, 1.807) is 7.05 Å². The lowest BCUT2D eigenvalue weighted by atomic mass is 10.1. The molecule has 0 spiro atoms. The highest BCUT2D eigenvalue weighted by Gasteiger charge is 2.13. The molecule has 0 bridgehead atoms. The van der Waals surface area contributed by atoms with Gasteiger partial charge in [-0.2, -0.15) is 0 Å². The topological polar surface area (TPSA) is 47.4 Å². The van der Waals surface area contributed by atoms with E-state index in [4.69, 9.17) is 4.74 Å². The van der Waals surface area contributed by atoms with Crippen molar-refractivity contribution in [1.82, 2.24) is 9.55 Å². The Hall–Kier alpha value is -3.60. The first-order chi connectivity index (χ1) is 14.7. The number of benzene rings is 2. The highest BCUT2D eigenvalue weighted by molar-refractivity contribution is 5.89. The van der Waals surface area contributed by atoms with Gasteiger partial charge in [-0.15, -0.1) is 0 Å². The van der Waals surface area contributed by atoms with Crippen LogP contribution in [0.15, 0.2) is 85.3 Å². The van der Waals surface area contributed by atoms with Crippen LogP contribution in [0.2, 0.25) is 0 Å². The molecule has 2 aromatic carbocycles. The van der Waals surface area contributed by atoms with Crippen molar-refractivity contribution in [3.8, 4) is 5.75 Å². The van der Waals surface area contributed by atoms with Crippen molar-refractivity contribution in [2.75, 3.05) is 11.9 Å². The lowest BCUT2D eigenvalue weighted by molar-refractivity contribution is 0.209. The van der Waals surface area contributed by atoms with Crippen molar-refractivity contribution in [3.05, 3.63) is 90.9 Å². The number of para-hydroxylation sites is 1. The number of rotatable bonds is 7. The van der Waals surface area contributed by atoms with Crippen molar-refractivity contribution in [1.29, 1.82) is 0 Å². The standard InChI is InChI=1S/C25H25N3O2/c1-27(22-8-3-2-4-9-22)25(29)30-23-10-11-24-21(19-23)14-18-28(24)17-6-5-7-20-12-15-26-16-13-20/h2-4,8-16,18-19H,5-7,17H2,1H3. The minimum atomic E-state index is -0.406. The predicted molar refractivity (Wildman–Crippen MR) is 120 cm³/mol. The summed E-state index contributed by atoms with van der Waals surface area (Å²) in [7, 11) is 1.71. The molecule has 4 aromatic rings. The van der Waals surface area contributed by atoms with Gasteiger partial charge < -0.3 is 9.30 Å². The smallest absolute Gasteiger partial charge is 0.410 e. The van der Waals surface area contributed by atoms with Crippen LogP contribution in [0.3, 0.4) is 0 Å². The van der Waals surface area contributed by atoms with Crippen LogP contribution < -0.4 is 9.64 Å². The third-order valence-corrected chi connectivity index (χ3v) is 5.23. The van der Waals surface area contributed by atoms with E-state index < -0.39 is 6.09 Å². The van der Waals surface area contributed by atoms with Crippen LogP contribution in [0, 0.1) is 0 Å². The van der Waals surface area contributed by atoms with E-state index in [2.05, 4.69) is 33.9 Å². The Balaban J connectivity index is 1.35. The molecule has 0 radical (unpaired) electrons. The van der Waals surface area contributed by atoms with Gasteiger partial charge in [0.1, 0.15) is 5.75 Å². The van der Waals surface area contributed by atoms with E-state index in [0.29, 0.717) is 5.75 Å². The summed E-state index contributed by atoms with van der Waals surface area (Å²) in [5, 5.41) is 1.07. The highest BCUT2D eigenvalue weighted by atomic mass is 16.6. The second-order valence-electron chi connectivity index (χ2n) is 7.30. The Morgan fingerprint density at radius 1 is 1.00 bits per heavy atom. The number of pyridine rings is 1. The minimum absolute atomic E-state index is 0.406. The zero-order valence-corrected chi connectivity index (χ0v) is 17.1. The molecule has 0 aliphatic carbocycles. The third kappa shape index (κ3) is 4.69. The molecule has 152 valence electrons. The molecular formula is C25H25N3O2. The number of nitrogens with zero attached hydrogens (tertiary/aromatic N) is 3. The quantitative estimate of drug-likeness (QED) is 0.375. The fraction of sp³-hybridized carbons (Fsp3) is 0.200. The van der Waals surface area contributed by atoms with E-state index in [9.17, 15) is 4.79 Å². The van der Waals surface area contributed by atoms with E-state index in [0.717, 1.165) is 42.4 Å². The molecule has 30 heavy (non-hydrogen) atoms. The van der Waals surface area contributed by atoms with Gasteiger partial charge in [-0.1, -0.05) is 18.2 Å². The Kier molecular flexibility index (Phi) is 6.09. The molecule has 0 aliphatic rings. The van der Waals surface area contributed by atoms with Crippen molar-refractivity contribution >= 4 is 22.7 Å². The summed E-state index contributed by atoms with van der Waals surface area (Å²) in [5.74, 6) is 0.547. The molecule has 0 fully saturated rings. The number of hydrogen-bond donors (Lipinski definition) is 0. The number of unbranched alkanes of at least 4 members (excludes halogenated alkanes) is 1. The number of ether oxygens (including phenoxy) is 1. The fourth-order valence-electron chi connectivity index (χ4n) is 3.52. The van der Waals surface area contributed by atoms with Crippen molar-refractivity contribution in [2.24, 2.45) is 0 Å². The second-order valence-corrected chi connectivity index (χ2v) is 7.30. The maximum absolute atomic E-state index is 12.4. The molecular weight excluding hydrogens is 374 g/mol. The van der Waals surface area contributed by atoms with Gasteiger partial charge in [-0.25, -0.2) is 4.79 Å². The zero-order chi connectivity index (χ0) is 20.8. The number of amides is 1. The average molecular weight is 399 g/mol. The SMILES string of the molecule is CN(C(=O)Oc1ccc2c(ccn2CCCCc2ccncc2)c1)c1ccccc1. The maximum atomic E-state index is 12.4. The lowest BCUT2D eigenvalue weighted by Crippen LogP contribution is -2.29. The third-order valence-electron chi connectivity index (χ3n) is 5.23. The predicted octanol–water partition coefficient (Wildman–Crippen LogP) is 5.69. The van der Waals surface area contributed by atoms with Gasteiger partial charge in [0.05, 0.1) is 0 Å². The summed E-state index contributed by atoms with van der Waals surface area (Å²) >= 11 is 0. The zero-order valence-electron chi connectivity index (χ0n) is 17.1. The first kappa shape index (κ1) is 19.7. The average Bonchev–Trinajstić information content (AvgIpc) is 3.19. The molecule has 0 atom stereocenters. The minimum Gasteiger partial charge on any atom is -0.410 e. The van der Waals surface area contributed by atoms with E-state index in [-0.39, 0.29) is 0 Å². The van der Waals surface area contributed by atoms with Crippen LogP contribution in [0.25, 0.3) is 10.9 Å². The molecule has 1 amide bonds. The van der Waals surface area contributed by atoms with Crippen LogP contribution >= 0.6 is 0 Å². The largest absolute Gasteiger partial charge is 0.419 e. The maximum Gasteiger partial charge on any atom is 0.419 e. The number of hydrogen-bond acceptors (Lipinski definition) is 3. The summed E-state index contributed by atoms with van der Waals surface area (Å²) in [6, 6.07) is 21.5. The first-order valence-electron chi connectivity index (χ1n) is 10.2. The van der Waals surface area contributed by atoms with Crippen molar-refractivity contribution < 1.29 is 9.53 Å². The summed E-state index contributed by atoms with van der Waals surface area (Å²) in [5.41, 5.74) is 3.27. The first-order valence-corrected chi connectivity index (χ1v) is 10.2. The van der Waals surface area contributed by atoms with E-state index >= 15 is 0 Å². The Morgan fingerprint density at radius 2 is 1.80 bits per heavy atom. The normalized spacial score (nSPS) is 10.8. The number of anilines is 1. The van der Waals surface area contributed by atoms with Gasteiger partial charge in [-0.05, 0) is 73.4 Å². The number of carbonyl (C=O) groups is 1. The van der Waals surface area contributed by atoms with Crippen LogP contribution in [0.5, 0.6) is 5.75 Å². The summed E-state index contributed by atoms with van der Waals surface area (Å²) in [6.45, 7) is 0.963. The van der Waals surface area contributed by atoms with Gasteiger partial charge in [0.15, 0.2) is 0 Å². The van der Waals surface area contributed by atoms with Gasteiger partial charge in [0.25, 0.3) is 0 Å². The lowest BCUT2D eigenvalue weighted by Gasteiger charge is -2.16. The molecule has 0 unspecified atom stereocenters. The fourth-order valence-corrected chi connectivity index (χ4v) is 3.52. The molecule has 5 nitrogen and oxygen atoms in total. The van der Waals surface area contributed by atoms with Gasteiger partial charge in [-0.3, -0.25) is 9.88 Å². The Morgan fingerprint density at radius 3 is 2.60 bits per heavy atom. The summed E-state index contributed by atoms with van der Waals surface area (Å²) in [4.78, 5) is 18.0. The number of fused-ring (bicyclic) bond motifs is 1. The molecule has 0 saturated carbocycles. The Bertz CT molecular complexity index is 1110. The number of carbonyl (C=O) groups excluding carboxylic acids is 1. The number of aromatic nitrogens is 2. The molecule has 2 aromatic heterocycles. The Labute approximate surface area is 176 Å². The second kappa shape index (κ2) is 9.27. The molecule has 4 rings (SSSR count). The molecule has 2 heterocycles. The van der Waals surface area contributed by atoms with Gasteiger partial charge in [0.2, 0.25) is 0 Å². The van der Waals surface area contributed by atoms with Crippen molar-refractivity contribution in [3.63, 3.8) is 0 Å². The highest BCUT2D eigenvalue weighted by Crippen LogP contribution is 2.24.